The topological polar surface area (TPSA) is 83.3 Å². The third-order valence-electron chi connectivity index (χ3n) is 4.63. The summed E-state index contributed by atoms with van der Waals surface area (Å²) in [7, 11) is 1.52. The highest BCUT2D eigenvalue weighted by Gasteiger charge is 2.17. The van der Waals surface area contributed by atoms with Crippen molar-refractivity contribution in [1.29, 1.82) is 0 Å². The Kier molecular flexibility index (Phi) is 3.98. The van der Waals surface area contributed by atoms with Crippen molar-refractivity contribution in [2.24, 2.45) is 0 Å². The first-order chi connectivity index (χ1) is 14.2. The Morgan fingerprint density at radius 1 is 1.00 bits per heavy atom. The molecule has 5 aromatic rings. The summed E-state index contributed by atoms with van der Waals surface area (Å²) in [6.45, 7) is 0. The van der Waals surface area contributed by atoms with E-state index in [0.717, 1.165) is 11.3 Å². The first kappa shape index (κ1) is 17.0. The first-order valence-electron chi connectivity index (χ1n) is 8.92. The van der Waals surface area contributed by atoms with Gasteiger partial charge in [0.2, 0.25) is 5.82 Å². The molecule has 0 saturated carbocycles. The van der Waals surface area contributed by atoms with Crippen LogP contribution in [0.5, 0.6) is 5.75 Å². The minimum absolute atomic E-state index is 0.105. The van der Waals surface area contributed by atoms with Gasteiger partial charge in [-0.15, -0.1) is 0 Å². The normalized spacial score (nSPS) is 11.1. The van der Waals surface area contributed by atoms with Crippen molar-refractivity contribution >= 4 is 11.0 Å². The van der Waals surface area contributed by atoms with E-state index in [0.29, 0.717) is 22.5 Å². The maximum absolute atomic E-state index is 12.5. The van der Waals surface area contributed by atoms with Crippen molar-refractivity contribution in [1.82, 2.24) is 14.7 Å². The molecule has 0 saturated heterocycles. The molecule has 3 heterocycles. The van der Waals surface area contributed by atoms with Crippen molar-refractivity contribution in [3.63, 3.8) is 0 Å². The number of aromatic nitrogens is 3. The van der Waals surface area contributed by atoms with Gasteiger partial charge in [0.25, 0.3) is 5.89 Å². The average molecular weight is 385 g/mol. The fraction of sp³-hybridized carbons (Fsp3) is 0.0455. The van der Waals surface area contributed by atoms with Crippen LogP contribution in [0, 0.1) is 0 Å². The summed E-state index contributed by atoms with van der Waals surface area (Å²) in [4.78, 5) is 16.8. The maximum atomic E-state index is 12.5. The Morgan fingerprint density at radius 3 is 2.55 bits per heavy atom. The maximum Gasteiger partial charge on any atom is 0.349 e. The predicted octanol–water partition coefficient (Wildman–Crippen LogP) is 4.31. The molecule has 0 radical (unpaired) electrons. The number of para-hydroxylation sites is 1. The van der Waals surface area contributed by atoms with Gasteiger partial charge in [-0.05, 0) is 48.5 Å². The fourth-order valence-corrected chi connectivity index (χ4v) is 3.17. The Labute approximate surface area is 164 Å². The number of methoxy groups -OCH3 is 1. The minimum Gasteiger partial charge on any atom is -0.493 e. The van der Waals surface area contributed by atoms with Crippen molar-refractivity contribution in [2.45, 2.75) is 0 Å². The van der Waals surface area contributed by atoms with E-state index in [-0.39, 0.29) is 11.5 Å². The highest BCUT2D eigenvalue weighted by Crippen LogP contribution is 2.28. The average Bonchev–Trinajstić information content (AvgIpc) is 3.45. The lowest BCUT2D eigenvalue weighted by Gasteiger charge is -2.04. The lowest BCUT2D eigenvalue weighted by molar-refractivity contribution is 0.405. The van der Waals surface area contributed by atoms with Crippen molar-refractivity contribution in [3.05, 3.63) is 83.5 Å². The van der Waals surface area contributed by atoms with Crippen LogP contribution in [-0.2, 0) is 0 Å². The zero-order valence-corrected chi connectivity index (χ0v) is 15.4. The smallest absolute Gasteiger partial charge is 0.349 e. The van der Waals surface area contributed by atoms with Gasteiger partial charge in [0.15, 0.2) is 11.3 Å². The molecule has 0 aliphatic carbocycles. The fourth-order valence-electron chi connectivity index (χ4n) is 3.17. The number of rotatable bonds is 4. The molecule has 3 aromatic heterocycles. The highest BCUT2D eigenvalue weighted by molar-refractivity contribution is 5.85. The van der Waals surface area contributed by atoms with E-state index < -0.39 is 5.63 Å². The molecule has 7 nitrogen and oxygen atoms in total. The third kappa shape index (κ3) is 2.98. The van der Waals surface area contributed by atoms with Gasteiger partial charge >= 0.3 is 5.63 Å². The second-order valence-corrected chi connectivity index (χ2v) is 6.39. The van der Waals surface area contributed by atoms with Gasteiger partial charge in [-0.1, -0.05) is 17.3 Å². The van der Waals surface area contributed by atoms with Crippen LogP contribution in [0.2, 0.25) is 0 Å². The van der Waals surface area contributed by atoms with E-state index in [9.17, 15) is 4.79 Å². The Bertz CT molecular complexity index is 1350. The molecule has 29 heavy (non-hydrogen) atoms. The van der Waals surface area contributed by atoms with Crippen molar-refractivity contribution in [3.8, 4) is 34.3 Å². The molecule has 0 spiro atoms. The van der Waals surface area contributed by atoms with E-state index in [1.807, 2.05) is 65.5 Å². The molecule has 7 heteroatoms. The van der Waals surface area contributed by atoms with Gasteiger partial charge < -0.3 is 18.2 Å². The monoisotopic (exact) mass is 385 g/mol. The van der Waals surface area contributed by atoms with Crippen molar-refractivity contribution in [2.75, 3.05) is 7.11 Å². The highest BCUT2D eigenvalue weighted by atomic mass is 16.5. The number of ether oxygens (including phenoxy) is 1. The van der Waals surface area contributed by atoms with E-state index >= 15 is 0 Å². The summed E-state index contributed by atoms with van der Waals surface area (Å²) in [5.74, 6) is 0.984. The Hall–Kier alpha value is -4.13. The second-order valence-electron chi connectivity index (χ2n) is 6.39. The largest absolute Gasteiger partial charge is 0.493 e. The second kappa shape index (κ2) is 6.79. The number of nitrogens with zero attached hydrogens (tertiary/aromatic N) is 3. The van der Waals surface area contributed by atoms with Gasteiger partial charge in [0.05, 0.1) is 7.11 Å². The summed E-state index contributed by atoms with van der Waals surface area (Å²) < 4.78 is 18.0. The number of hydrogen-bond donors (Lipinski definition) is 0. The molecule has 0 bridgehead atoms. The molecule has 5 rings (SSSR count). The molecular weight excluding hydrogens is 370 g/mol. The molecule has 0 aliphatic rings. The summed E-state index contributed by atoms with van der Waals surface area (Å²) in [5.41, 5.74) is 1.81. The van der Waals surface area contributed by atoms with Gasteiger partial charge in [-0.2, -0.15) is 4.98 Å². The zero-order valence-electron chi connectivity index (χ0n) is 15.4. The number of benzene rings is 2. The van der Waals surface area contributed by atoms with E-state index in [1.165, 1.54) is 7.11 Å². The molecule has 0 atom stereocenters. The summed E-state index contributed by atoms with van der Waals surface area (Å²) in [6.07, 6.45) is 3.94. The van der Waals surface area contributed by atoms with Crippen LogP contribution < -0.4 is 10.4 Å². The first-order valence-corrected chi connectivity index (χ1v) is 8.92. The predicted molar refractivity (Wildman–Crippen MR) is 107 cm³/mol. The summed E-state index contributed by atoms with van der Waals surface area (Å²) >= 11 is 0. The lowest BCUT2D eigenvalue weighted by atomic mass is 10.1. The summed E-state index contributed by atoms with van der Waals surface area (Å²) in [5, 5.41) is 4.72. The summed E-state index contributed by atoms with van der Waals surface area (Å²) in [6, 6.07) is 18.7. The molecule has 0 N–H and O–H groups in total. The van der Waals surface area contributed by atoms with Crippen LogP contribution >= 0.6 is 0 Å². The number of hydrogen-bond acceptors (Lipinski definition) is 6. The number of fused-ring (bicyclic) bond motifs is 1. The van der Waals surface area contributed by atoms with Crippen LogP contribution in [0.25, 0.3) is 39.5 Å². The van der Waals surface area contributed by atoms with Crippen LogP contribution in [0.15, 0.2) is 86.8 Å². The lowest BCUT2D eigenvalue weighted by Crippen LogP contribution is -2.03. The van der Waals surface area contributed by atoms with Crippen LogP contribution in [0.4, 0.5) is 0 Å². The third-order valence-corrected chi connectivity index (χ3v) is 4.63. The Balaban J connectivity index is 1.51. The molecule has 0 unspecified atom stereocenters. The molecule has 0 aliphatic heterocycles. The standard InChI is InChI=1S/C22H15N3O4/c1-27-18-6-4-5-15-13-17(22(26)28-19(15)18)21-23-20(24-29-21)14-7-9-16(10-8-14)25-11-2-3-12-25/h2-13H,1H3. The molecule has 0 fully saturated rings. The van der Waals surface area contributed by atoms with Crippen LogP contribution in [-0.4, -0.2) is 21.8 Å². The van der Waals surface area contributed by atoms with Crippen molar-refractivity contribution < 1.29 is 13.7 Å². The Morgan fingerprint density at radius 2 is 1.79 bits per heavy atom. The van der Waals surface area contributed by atoms with Gasteiger partial charge in [0.1, 0.15) is 5.56 Å². The minimum atomic E-state index is -0.569. The van der Waals surface area contributed by atoms with Gasteiger partial charge in [-0.3, -0.25) is 0 Å². The van der Waals surface area contributed by atoms with Crippen LogP contribution in [0.1, 0.15) is 0 Å². The SMILES string of the molecule is COc1cccc2cc(-c3nc(-c4ccc(-n5cccc5)cc4)no3)c(=O)oc12. The molecular formula is C22H15N3O4. The van der Waals surface area contributed by atoms with Gasteiger partial charge in [-0.25, -0.2) is 4.79 Å². The van der Waals surface area contributed by atoms with Crippen LogP contribution in [0.3, 0.4) is 0 Å². The van der Waals surface area contributed by atoms with E-state index in [4.69, 9.17) is 13.7 Å². The van der Waals surface area contributed by atoms with Gasteiger partial charge in [0, 0.05) is 29.0 Å². The van der Waals surface area contributed by atoms with E-state index in [1.54, 1.807) is 12.1 Å². The zero-order chi connectivity index (χ0) is 19.8. The van der Waals surface area contributed by atoms with E-state index in [2.05, 4.69) is 10.1 Å². The molecule has 142 valence electrons. The molecule has 0 amide bonds. The quantitative estimate of drug-likeness (QED) is 0.429. The molecule has 2 aromatic carbocycles.